The van der Waals surface area contributed by atoms with E-state index in [0.29, 0.717) is 18.2 Å². The minimum absolute atomic E-state index is 0.0787. The van der Waals surface area contributed by atoms with Crippen molar-refractivity contribution in [3.63, 3.8) is 0 Å². The van der Waals surface area contributed by atoms with Crippen LogP contribution in [0.1, 0.15) is 31.8 Å². The smallest absolute Gasteiger partial charge is 0.296 e. The molecule has 1 aliphatic rings. The molecule has 0 radical (unpaired) electrons. The van der Waals surface area contributed by atoms with Crippen LogP contribution in [0, 0.1) is 0 Å². The van der Waals surface area contributed by atoms with Crippen molar-refractivity contribution < 1.29 is 61.5 Å². The zero-order chi connectivity index (χ0) is 36.7. The zero-order valence-electron chi connectivity index (χ0n) is 24.3. The molecule has 0 aliphatic heterocycles. The highest BCUT2D eigenvalue weighted by molar-refractivity contribution is 7.87. The van der Waals surface area contributed by atoms with Gasteiger partial charge in [0.05, 0.1) is 37.8 Å². The molecular weight excluding hydrogens is 745 g/mol. The van der Waals surface area contributed by atoms with E-state index in [4.69, 9.17) is 0 Å². The van der Waals surface area contributed by atoms with Gasteiger partial charge in [-0.1, -0.05) is 36.4 Å². The maximum Gasteiger partial charge on any atom is 0.296 e. The number of rotatable bonds is 8. The average molecular weight is 763 g/mol. The summed E-state index contributed by atoms with van der Waals surface area (Å²) >= 11 is 0. The van der Waals surface area contributed by atoms with Gasteiger partial charge in [-0.3, -0.25) is 32.6 Å². The summed E-state index contributed by atoms with van der Waals surface area (Å²) in [4.78, 5) is 40.1. The number of H-pyrrole nitrogens is 1. The van der Waals surface area contributed by atoms with Gasteiger partial charge in [0, 0.05) is 22.1 Å². The topological polar surface area (TPSA) is 297 Å². The molecule has 258 valence electrons. The summed E-state index contributed by atoms with van der Waals surface area (Å²) in [5.41, 5.74) is -5.43. The number of benzene rings is 4. The monoisotopic (exact) mass is 762 g/mol. The number of hydrogen-bond acceptors (Lipinski definition) is 12. The second kappa shape index (κ2) is 11.5. The third-order valence-corrected chi connectivity index (χ3v) is 11.1. The molecule has 5 aromatic rings. The van der Waals surface area contributed by atoms with Gasteiger partial charge in [-0.25, -0.2) is 0 Å². The normalized spacial score (nSPS) is 13.2. The number of anilines is 2. The third kappa shape index (κ3) is 5.90. The van der Waals surface area contributed by atoms with Crippen molar-refractivity contribution in [1.29, 1.82) is 0 Å². The number of hydrogen-bond donors (Lipinski definition) is 6. The van der Waals surface area contributed by atoms with E-state index < -0.39 is 116 Å². The van der Waals surface area contributed by atoms with E-state index in [1.807, 2.05) is 0 Å². The first-order valence-corrected chi connectivity index (χ1v) is 19.2. The molecule has 0 spiro atoms. The fourth-order valence-electron chi connectivity index (χ4n) is 5.57. The number of fused-ring (bicyclic) bond motifs is 2. The molecule has 4 aromatic carbocycles. The molecule has 1 aromatic heterocycles. The molecule has 0 saturated carbocycles. The number of aromatic nitrogens is 1. The van der Waals surface area contributed by atoms with E-state index in [0.717, 1.165) is 30.3 Å². The Balaban J connectivity index is 1.76. The van der Waals surface area contributed by atoms with Gasteiger partial charge in [0.15, 0.2) is 11.6 Å². The molecule has 0 bridgehead atoms. The standard InChI is InChI=1S/C29H18N2O15S4/c32-27(13-4-3-5-14(10-13)47(35,36)37)25-22-16-6-1-2-7-17(16)28(33)23-19(12-21(50(44,45)46)26(24(22)23)31-29(25)34)30-18-9-8-15(48(38,39)40)11-20(18)49(41,42)43/h1-12,30H,(H,31,34)(H,35,36,37)(H,38,39,40)(H,41,42,43)(H,44,45,46). The van der Waals surface area contributed by atoms with Gasteiger partial charge in [-0.2, -0.15) is 33.7 Å². The fourth-order valence-corrected chi connectivity index (χ4v) is 8.03. The van der Waals surface area contributed by atoms with Crippen LogP contribution in [0.2, 0.25) is 0 Å². The van der Waals surface area contributed by atoms with Crippen molar-refractivity contribution in [3.8, 4) is 11.1 Å². The van der Waals surface area contributed by atoms with E-state index in [1.165, 1.54) is 24.3 Å². The lowest BCUT2D eigenvalue weighted by Gasteiger charge is -2.25. The van der Waals surface area contributed by atoms with Crippen molar-refractivity contribution >= 4 is 74.3 Å². The Hall–Kier alpha value is -5.13. The Bertz CT molecular complexity index is 2900. The van der Waals surface area contributed by atoms with E-state index in [9.17, 15) is 66.3 Å². The van der Waals surface area contributed by atoms with Crippen LogP contribution in [0.15, 0.2) is 97.2 Å². The molecule has 21 heteroatoms. The highest BCUT2D eigenvalue weighted by Gasteiger charge is 2.36. The Labute approximate surface area is 281 Å². The largest absolute Gasteiger partial charge is 0.354 e. The fraction of sp³-hybridized carbons (Fsp3) is 0. The van der Waals surface area contributed by atoms with Gasteiger partial charge in [-0.05, 0) is 42.0 Å². The van der Waals surface area contributed by atoms with Crippen LogP contribution in [0.5, 0.6) is 0 Å². The number of pyridine rings is 1. The first-order chi connectivity index (χ1) is 23.1. The number of nitrogens with one attached hydrogen (secondary N) is 2. The lowest BCUT2D eigenvalue weighted by molar-refractivity contribution is 0.102. The Morgan fingerprint density at radius 2 is 1.20 bits per heavy atom. The van der Waals surface area contributed by atoms with Crippen molar-refractivity contribution in [3.05, 3.63) is 105 Å². The maximum atomic E-state index is 14.1. The quantitative estimate of drug-likeness (QED) is 0.0959. The van der Waals surface area contributed by atoms with Gasteiger partial charge in [0.25, 0.3) is 46.0 Å². The van der Waals surface area contributed by atoms with E-state index in [2.05, 4.69) is 10.3 Å². The van der Waals surface area contributed by atoms with Crippen molar-refractivity contribution in [2.45, 2.75) is 19.6 Å². The Kier molecular flexibility index (Phi) is 7.96. The molecule has 0 fully saturated rings. The van der Waals surface area contributed by atoms with Gasteiger partial charge < -0.3 is 10.3 Å². The van der Waals surface area contributed by atoms with Crippen LogP contribution in [0.3, 0.4) is 0 Å². The van der Waals surface area contributed by atoms with Crippen LogP contribution in [0.25, 0.3) is 22.0 Å². The van der Waals surface area contributed by atoms with E-state index in [1.54, 1.807) is 0 Å². The highest BCUT2D eigenvalue weighted by atomic mass is 32.2. The first kappa shape index (κ1) is 34.7. The number of carbonyl (C=O) groups is 2. The summed E-state index contributed by atoms with van der Waals surface area (Å²) in [6.45, 7) is 0. The minimum atomic E-state index is -5.33. The predicted octanol–water partition coefficient (Wildman–Crippen LogP) is 2.70. The summed E-state index contributed by atoms with van der Waals surface area (Å²) in [6.07, 6.45) is 0. The average Bonchev–Trinajstić information content (AvgIpc) is 3.01. The predicted molar refractivity (Wildman–Crippen MR) is 172 cm³/mol. The number of ketones is 2. The summed E-state index contributed by atoms with van der Waals surface area (Å²) in [5.74, 6) is -2.03. The number of carbonyl (C=O) groups excluding carboxylic acids is 2. The number of aromatic amines is 1. The summed E-state index contributed by atoms with van der Waals surface area (Å²) in [7, 11) is -20.5. The van der Waals surface area contributed by atoms with Gasteiger partial charge >= 0.3 is 0 Å². The lowest BCUT2D eigenvalue weighted by atomic mass is 9.80. The summed E-state index contributed by atoms with van der Waals surface area (Å²) in [6, 6.07) is 11.8. The van der Waals surface area contributed by atoms with Gasteiger partial charge in [0.1, 0.15) is 9.79 Å². The minimum Gasteiger partial charge on any atom is -0.354 e. The molecule has 17 nitrogen and oxygen atoms in total. The van der Waals surface area contributed by atoms with Crippen LogP contribution >= 0.6 is 0 Å². The highest BCUT2D eigenvalue weighted by Crippen LogP contribution is 2.46. The second-order valence-electron chi connectivity index (χ2n) is 10.7. The maximum absolute atomic E-state index is 14.1. The zero-order valence-corrected chi connectivity index (χ0v) is 27.6. The van der Waals surface area contributed by atoms with Crippen molar-refractivity contribution in [2.24, 2.45) is 0 Å². The van der Waals surface area contributed by atoms with Gasteiger partial charge in [0.2, 0.25) is 0 Å². The molecule has 1 heterocycles. The summed E-state index contributed by atoms with van der Waals surface area (Å²) < 4.78 is 136. The molecule has 1 aliphatic carbocycles. The molecule has 0 saturated heterocycles. The Morgan fingerprint density at radius 3 is 1.80 bits per heavy atom. The van der Waals surface area contributed by atoms with Crippen molar-refractivity contribution in [2.75, 3.05) is 5.32 Å². The molecule has 0 amide bonds. The van der Waals surface area contributed by atoms with Crippen LogP contribution in [0.4, 0.5) is 11.4 Å². The van der Waals surface area contributed by atoms with E-state index in [-0.39, 0.29) is 16.7 Å². The SMILES string of the molecule is O=C(c1cccc(S(=O)(=O)O)c1)c1c2c3c(c(Nc4ccc(S(=O)(=O)O)cc4S(=O)(=O)O)cc(S(=O)(=O)O)c3[nH]c1=O)C(=O)c1ccccc1-2. The second-order valence-corrected chi connectivity index (χ2v) is 16.3. The molecule has 50 heavy (non-hydrogen) atoms. The third-order valence-electron chi connectivity index (χ3n) is 7.62. The van der Waals surface area contributed by atoms with Gasteiger partial charge in [-0.15, -0.1) is 0 Å². The lowest BCUT2D eigenvalue weighted by Crippen LogP contribution is -2.25. The van der Waals surface area contributed by atoms with E-state index >= 15 is 0 Å². The molecule has 0 atom stereocenters. The molecule has 6 N–H and O–H groups in total. The molecule has 6 rings (SSSR count). The van der Waals surface area contributed by atoms with Crippen LogP contribution in [-0.4, -0.2) is 68.4 Å². The molecular formula is C29H18N2O15S4. The summed E-state index contributed by atoms with van der Waals surface area (Å²) in [5, 5.41) is 1.98. The van der Waals surface area contributed by atoms with Crippen LogP contribution < -0.4 is 10.9 Å². The van der Waals surface area contributed by atoms with Crippen molar-refractivity contribution in [1.82, 2.24) is 4.98 Å². The van der Waals surface area contributed by atoms with Crippen LogP contribution in [-0.2, 0) is 40.5 Å². The molecule has 0 unspecified atom stereocenters. The first-order valence-electron chi connectivity index (χ1n) is 13.5. The Morgan fingerprint density at radius 1 is 0.600 bits per heavy atom.